The fourth-order valence-electron chi connectivity index (χ4n) is 4.04. The number of nitrogens with zero attached hydrogens (tertiary/aromatic N) is 3. The third-order valence-corrected chi connectivity index (χ3v) is 7.35. The van der Waals surface area contributed by atoms with E-state index >= 15 is 0 Å². The summed E-state index contributed by atoms with van der Waals surface area (Å²) in [6.45, 7) is 3.93. The topological polar surface area (TPSA) is 103 Å². The molecular formula is C27H33N3O6S. The molecule has 1 saturated heterocycles. The molecule has 0 unspecified atom stereocenters. The van der Waals surface area contributed by atoms with Crippen LogP contribution < -0.4 is 9.61 Å². The Kier molecular flexibility index (Phi) is 9.19. The van der Waals surface area contributed by atoms with Gasteiger partial charge in [-0.05, 0) is 55.6 Å². The van der Waals surface area contributed by atoms with E-state index in [1.54, 1.807) is 0 Å². The first kappa shape index (κ1) is 26.7. The van der Waals surface area contributed by atoms with Crippen LogP contribution in [0, 0.1) is 0 Å². The minimum absolute atomic E-state index is 0.192. The van der Waals surface area contributed by atoms with Gasteiger partial charge < -0.3 is 24.2 Å². The van der Waals surface area contributed by atoms with E-state index in [0.717, 1.165) is 65.3 Å². The summed E-state index contributed by atoms with van der Waals surface area (Å²) < 4.78 is 17.3. The van der Waals surface area contributed by atoms with E-state index in [2.05, 4.69) is 22.9 Å². The summed E-state index contributed by atoms with van der Waals surface area (Å²) in [6, 6.07) is 11.6. The van der Waals surface area contributed by atoms with Gasteiger partial charge in [-0.3, -0.25) is 9.78 Å². The molecule has 1 aliphatic rings. The van der Waals surface area contributed by atoms with Gasteiger partial charge in [0.15, 0.2) is 6.73 Å². The average molecular weight is 528 g/mol. The number of piperidine rings is 1. The highest BCUT2D eigenvalue weighted by molar-refractivity contribution is 7.09. The summed E-state index contributed by atoms with van der Waals surface area (Å²) in [5.74, 6) is 0.532. The van der Waals surface area contributed by atoms with Gasteiger partial charge in [0.2, 0.25) is 5.88 Å². The Bertz CT molecular complexity index is 1210. The van der Waals surface area contributed by atoms with Crippen molar-refractivity contribution in [2.24, 2.45) is 0 Å². The van der Waals surface area contributed by atoms with Crippen LogP contribution in [0.15, 0.2) is 47.4 Å². The van der Waals surface area contributed by atoms with E-state index in [0.29, 0.717) is 24.3 Å². The Morgan fingerprint density at radius 1 is 1.14 bits per heavy atom. The van der Waals surface area contributed by atoms with E-state index < -0.39 is 17.8 Å². The van der Waals surface area contributed by atoms with Gasteiger partial charge in [-0.2, -0.15) is 0 Å². The highest BCUT2D eigenvalue weighted by atomic mass is 32.1. The second kappa shape index (κ2) is 12.7. The van der Waals surface area contributed by atoms with E-state index in [-0.39, 0.29) is 12.0 Å². The first-order chi connectivity index (χ1) is 17.9. The van der Waals surface area contributed by atoms with Crippen LogP contribution in [0.25, 0.3) is 0 Å². The summed E-state index contributed by atoms with van der Waals surface area (Å²) >= 11 is 0.923. The van der Waals surface area contributed by atoms with Crippen LogP contribution in [0.4, 0.5) is 4.79 Å². The molecule has 0 atom stereocenters. The van der Waals surface area contributed by atoms with Crippen molar-refractivity contribution >= 4 is 17.5 Å². The molecule has 0 saturated carbocycles. The molecule has 198 valence electrons. The molecule has 0 radical (unpaired) electrons. The summed E-state index contributed by atoms with van der Waals surface area (Å²) in [7, 11) is 2.02. The number of likely N-dealkylation sites (tertiary alicyclic amines) is 1. The van der Waals surface area contributed by atoms with Gasteiger partial charge >= 0.3 is 11.0 Å². The highest BCUT2D eigenvalue weighted by Crippen LogP contribution is 2.25. The lowest BCUT2D eigenvalue weighted by molar-refractivity contribution is -0.0117. The van der Waals surface area contributed by atoms with E-state index in [1.165, 1.54) is 5.56 Å². The molecule has 0 bridgehead atoms. The largest absolute Gasteiger partial charge is 0.510 e. The van der Waals surface area contributed by atoms with Gasteiger partial charge in [-0.1, -0.05) is 36.5 Å². The van der Waals surface area contributed by atoms with Crippen LogP contribution in [-0.4, -0.2) is 58.6 Å². The van der Waals surface area contributed by atoms with E-state index in [1.807, 2.05) is 43.6 Å². The second-order valence-corrected chi connectivity index (χ2v) is 10.2. The monoisotopic (exact) mass is 527 g/mol. The normalized spacial score (nSPS) is 14.4. The highest BCUT2D eigenvalue weighted by Gasteiger charge is 2.22. The quantitative estimate of drug-likeness (QED) is 0.395. The zero-order valence-electron chi connectivity index (χ0n) is 21.2. The number of ether oxygens (including phenoxy) is 3. The van der Waals surface area contributed by atoms with E-state index in [4.69, 9.17) is 14.2 Å². The zero-order chi connectivity index (χ0) is 26.2. The summed E-state index contributed by atoms with van der Waals surface area (Å²) in [6.07, 6.45) is 4.41. The van der Waals surface area contributed by atoms with Crippen molar-refractivity contribution in [2.45, 2.75) is 51.9 Å². The van der Waals surface area contributed by atoms with Crippen LogP contribution >= 0.6 is 11.3 Å². The Hall–Kier alpha value is -3.37. The number of benzene rings is 1. The minimum Gasteiger partial charge on any atom is -0.494 e. The number of aromatic hydroxyl groups is 1. The van der Waals surface area contributed by atoms with Gasteiger partial charge in [-0.15, -0.1) is 0 Å². The van der Waals surface area contributed by atoms with Crippen molar-refractivity contribution in [2.75, 3.05) is 26.7 Å². The van der Waals surface area contributed by atoms with Gasteiger partial charge in [-0.25, -0.2) is 9.36 Å². The number of carbonyl (C=O) groups is 1. The molecule has 1 fully saturated rings. The van der Waals surface area contributed by atoms with Gasteiger partial charge in [0.1, 0.15) is 11.9 Å². The molecule has 2 aromatic heterocycles. The van der Waals surface area contributed by atoms with Crippen LogP contribution in [0.5, 0.6) is 11.6 Å². The molecule has 1 N–H and O–H groups in total. The zero-order valence-corrected chi connectivity index (χ0v) is 22.0. The first-order valence-electron chi connectivity index (χ1n) is 12.5. The van der Waals surface area contributed by atoms with Crippen LogP contribution in [-0.2, 0) is 35.5 Å². The first-order valence-corrected chi connectivity index (χ1v) is 13.3. The predicted molar refractivity (Wildman–Crippen MR) is 140 cm³/mol. The third-order valence-electron chi connectivity index (χ3n) is 6.39. The van der Waals surface area contributed by atoms with Crippen molar-refractivity contribution in [1.82, 2.24) is 14.5 Å². The molecular weight excluding hydrogens is 494 g/mol. The van der Waals surface area contributed by atoms with Crippen molar-refractivity contribution in [1.29, 1.82) is 0 Å². The molecule has 1 aromatic carbocycles. The van der Waals surface area contributed by atoms with Crippen molar-refractivity contribution in [3.8, 4) is 11.6 Å². The number of hydrogen-bond donors (Lipinski definition) is 1. The maximum absolute atomic E-state index is 12.4. The molecule has 1 aliphatic heterocycles. The molecule has 4 rings (SSSR count). The fourth-order valence-corrected chi connectivity index (χ4v) is 4.94. The third kappa shape index (κ3) is 7.56. The van der Waals surface area contributed by atoms with Gasteiger partial charge in [0, 0.05) is 37.8 Å². The number of aryl methyl sites for hydroxylation is 1. The number of carbonyl (C=O) groups excluding carboxylic acids is 1. The molecule has 0 aliphatic carbocycles. The fraction of sp³-hybridized carbons (Fsp3) is 0.444. The lowest BCUT2D eigenvalue weighted by Gasteiger charge is -2.28. The number of aromatic nitrogens is 2. The Morgan fingerprint density at radius 3 is 2.54 bits per heavy atom. The molecule has 0 amide bonds. The lowest BCUT2D eigenvalue weighted by Crippen LogP contribution is -2.35. The molecule has 37 heavy (non-hydrogen) atoms. The molecule has 3 aromatic rings. The summed E-state index contributed by atoms with van der Waals surface area (Å²) in [5, 5.41) is 10.6. The van der Waals surface area contributed by atoms with Crippen LogP contribution in [0.1, 0.15) is 41.5 Å². The molecule has 9 nitrogen and oxygen atoms in total. The van der Waals surface area contributed by atoms with Crippen LogP contribution in [0.3, 0.4) is 0 Å². The maximum atomic E-state index is 12.4. The number of hydrogen-bond acceptors (Lipinski definition) is 9. The van der Waals surface area contributed by atoms with Crippen molar-refractivity contribution in [3.63, 3.8) is 0 Å². The Morgan fingerprint density at radius 2 is 1.86 bits per heavy atom. The van der Waals surface area contributed by atoms with Crippen LogP contribution in [0.2, 0.25) is 0 Å². The van der Waals surface area contributed by atoms with Crippen molar-refractivity contribution in [3.05, 3.63) is 74.0 Å². The molecule has 3 heterocycles. The maximum Gasteiger partial charge on any atom is 0.510 e. The average Bonchev–Trinajstić information content (AvgIpc) is 3.17. The summed E-state index contributed by atoms with van der Waals surface area (Å²) in [4.78, 5) is 31.1. The SMILES string of the molecule is CCc1ccc(CCOc2ccc(Cc3sc(=O)n(COC(=O)OC4CCN(C)CC4)c3O)cc2)nc1. The number of rotatable bonds is 10. The van der Waals surface area contributed by atoms with Crippen molar-refractivity contribution < 1.29 is 24.1 Å². The lowest BCUT2D eigenvalue weighted by atomic mass is 10.1. The Balaban J connectivity index is 1.25. The summed E-state index contributed by atoms with van der Waals surface area (Å²) in [5.41, 5.74) is 3.11. The van der Waals surface area contributed by atoms with E-state index in [9.17, 15) is 14.7 Å². The Labute approximate surface area is 220 Å². The smallest absolute Gasteiger partial charge is 0.494 e. The predicted octanol–water partition coefficient (Wildman–Crippen LogP) is 3.99. The number of thiazole rings is 1. The standard InChI is InChI=1S/C27H33N3O6S/c1-3-19-4-7-21(28-17-19)12-15-34-22-8-5-20(6-9-22)16-24-25(31)30(26(32)37-24)18-35-27(33)36-23-10-13-29(2)14-11-23/h4-9,17,23,31H,3,10-16,18H2,1-2H3. The molecule has 0 spiro atoms. The number of pyridine rings is 1. The van der Waals surface area contributed by atoms with Gasteiger partial charge in [0.25, 0.3) is 0 Å². The molecule has 10 heteroatoms. The second-order valence-electron chi connectivity index (χ2n) is 9.12. The van der Waals surface area contributed by atoms with Gasteiger partial charge in [0.05, 0.1) is 11.5 Å². The minimum atomic E-state index is -0.835.